The molecule has 0 aliphatic carbocycles. The molecule has 0 bridgehead atoms. The number of sulfonamides is 1. The third kappa shape index (κ3) is 6.07. The van der Waals surface area contributed by atoms with Crippen LogP contribution >= 0.6 is 11.3 Å². The Hall–Kier alpha value is -3.53. The van der Waals surface area contributed by atoms with E-state index in [-0.39, 0.29) is 10.8 Å². The Kier molecular flexibility index (Phi) is 7.64. The van der Waals surface area contributed by atoms with Crippen LogP contribution in [0.15, 0.2) is 89.1 Å². The zero-order valence-corrected chi connectivity index (χ0v) is 21.8. The Morgan fingerprint density at radius 3 is 2.16 bits per heavy atom. The van der Waals surface area contributed by atoms with E-state index in [1.807, 2.05) is 60.0 Å². The average Bonchev–Trinajstić information content (AvgIpc) is 3.20. The number of ether oxygens (including phenoxy) is 1. The van der Waals surface area contributed by atoms with Crippen molar-refractivity contribution >= 4 is 32.4 Å². The van der Waals surface area contributed by atoms with Gasteiger partial charge in [-0.2, -0.15) is 4.31 Å². The van der Waals surface area contributed by atoms with Crippen LogP contribution < -0.4 is 10.1 Å². The molecule has 1 aromatic heterocycles. The molecule has 0 spiro atoms. The van der Waals surface area contributed by atoms with E-state index in [1.54, 1.807) is 16.4 Å². The molecule has 1 amide bonds. The first-order valence-corrected chi connectivity index (χ1v) is 14.5. The minimum absolute atomic E-state index is 0.210. The molecule has 1 aliphatic rings. The lowest BCUT2D eigenvalue weighted by Gasteiger charge is -2.20. The molecule has 37 heavy (non-hydrogen) atoms. The van der Waals surface area contributed by atoms with E-state index in [9.17, 15) is 13.2 Å². The van der Waals surface area contributed by atoms with E-state index < -0.39 is 10.0 Å². The second kappa shape index (κ2) is 11.2. The summed E-state index contributed by atoms with van der Waals surface area (Å²) in [5.41, 5.74) is 2.01. The minimum Gasteiger partial charge on any atom is -0.457 e. The number of anilines is 1. The molecular weight excluding hydrogens is 506 g/mol. The molecule has 0 atom stereocenters. The van der Waals surface area contributed by atoms with Gasteiger partial charge < -0.3 is 4.74 Å². The Balaban J connectivity index is 1.22. The normalized spacial score (nSPS) is 14.6. The van der Waals surface area contributed by atoms with Crippen molar-refractivity contribution in [1.82, 2.24) is 9.29 Å². The van der Waals surface area contributed by atoms with E-state index in [2.05, 4.69) is 10.3 Å². The first kappa shape index (κ1) is 25.1. The lowest BCUT2D eigenvalue weighted by Crippen LogP contribution is -2.31. The highest BCUT2D eigenvalue weighted by Crippen LogP contribution is 2.29. The number of thiazole rings is 1. The number of rotatable bonds is 7. The molecule has 7 nitrogen and oxygen atoms in total. The molecule has 1 N–H and O–H groups in total. The maximum absolute atomic E-state index is 13.0. The van der Waals surface area contributed by atoms with Gasteiger partial charge in [0.15, 0.2) is 5.13 Å². The summed E-state index contributed by atoms with van der Waals surface area (Å²) in [5.74, 6) is 1.15. The highest BCUT2D eigenvalue weighted by Gasteiger charge is 2.25. The quantitative estimate of drug-likeness (QED) is 0.296. The Bertz CT molecular complexity index is 1440. The van der Waals surface area contributed by atoms with Gasteiger partial charge >= 0.3 is 0 Å². The topological polar surface area (TPSA) is 88.6 Å². The lowest BCUT2D eigenvalue weighted by molar-refractivity contribution is 0.102. The number of benzene rings is 3. The van der Waals surface area contributed by atoms with Crippen LogP contribution in [0.1, 0.15) is 36.0 Å². The van der Waals surface area contributed by atoms with Gasteiger partial charge in [0, 0.05) is 29.6 Å². The summed E-state index contributed by atoms with van der Waals surface area (Å²) in [6.45, 7) is 1.08. The van der Waals surface area contributed by atoms with Crippen molar-refractivity contribution in [3.63, 3.8) is 0 Å². The van der Waals surface area contributed by atoms with Crippen molar-refractivity contribution in [3.05, 3.63) is 89.8 Å². The van der Waals surface area contributed by atoms with Crippen LogP contribution in [-0.2, 0) is 10.0 Å². The first-order chi connectivity index (χ1) is 18.0. The standard InChI is InChI=1S/C28H27N3O4S2/c32-27(22-12-16-25(17-13-22)37(33,34)31-18-6-1-2-7-19-31)30-28-29-26(20-36-28)21-10-14-24(15-11-21)35-23-8-4-3-5-9-23/h3-5,8-17,20H,1-2,6-7,18-19H2,(H,29,30,32). The molecule has 190 valence electrons. The second-order valence-electron chi connectivity index (χ2n) is 8.77. The number of amides is 1. The van der Waals surface area contributed by atoms with Crippen LogP contribution in [0.2, 0.25) is 0 Å². The van der Waals surface area contributed by atoms with E-state index in [4.69, 9.17) is 4.74 Å². The maximum atomic E-state index is 13.0. The SMILES string of the molecule is O=C(Nc1nc(-c2ccc(Oc3ccccc3)cc2)cs1)c1ccc(S(=O)(=O)N2CCCCCC2)cc1. The number of hydrogen-bond acceptors (Lipinski definition) is 6. The maximum Gasteiger partial charge on any atom is 0.257 e. The molecule has 1 aliphatic heterocycles. The molecule has 0 radical (unpaired) electrons. The summed E-state index contributed by atoms with van der Waals surface area (Å²) >= 11 is 1.33. The highest BCUT2D eigenvalue weighted by molar-refractivity contribution is 7.89. The molecule has 5 rings (SSSR count). The molecule has 3 aromatic carbocycles. The van der Waals surface area contributed by atoms with Crippen LogP contribution in [0, 0.1) is 0 Å². The fourth-order valence-electron chi connectivity index (χ4n) is 4.16. The van der Waals surface area contributed by atoms with Crippen LogP contribution in [0.4, 0.5) is 5.13 Å². The van der Waals surface area contributed by atoms with Gasteiger partial charge in [0.25, 0.3) is 5.91 Å². The van der Waals surface area contributed by atoms with Crippen molar-refractivity contribution in [2.45, 2.75) is 30.6 Å². The van der Waals surface area contributed by atoms with E-state index in [0.29, 0.717) is 23.8 Å². The monoisotopic (exact) mass is 533 g/mol. The third-order valence-corrected chi connectivity index (χ3v) is 8.84. The van der Waals surface area contributed by atoms with Crippen molar-refractivity contribution in [2.24, 2.45) is 0 Å². The predicted molar refractivity (Wildman–Crippen MR) is 146 cm³/mol. The smallest absolute Gasteiger partial charge is 0.257 e. The summed E-state index contributed by atoms with van der Waals surface area (Å²) in [4.78, 5) is 17.5. The first-order valence-electron chi connectivity index (χ1n) is 12.2. The second-order valence-corrected chi connectivity index (χ2v) is 11.6. The van der Waals surface area contributed by atoms with E-state index in [1.165, 1.54) is 23.5 Å². The van der Waals surface area contributed by atoms with Gasteiger partial charge in [0.2, 0.25) is 10.0 Å². The van der Waals surface area contributed by atoms with Crippen LogP contribution in [0.5, 0.6) is 11.5 Å². The third-order valence-electron chi connectivity index (χ3n) is 6.17. The lowest BCUT2D eigenvalue weighted by atomic mass is 10.2. The van der Waals surface area contributed by atoms with Crippen LogP contribution in [0.3, 0.4) is 0 Å². The van der Waals surface area contributed by atoms with E-state index >= 15 is 0 Å². The fraction of sp³-hybridized carbons (Fsp3) is 0.214. The van der Waals surface area contributed by atoms with Gasteiger partial charge in [0.1, 0.15) is 11.5 Å². The summed E-state index contributed by atoms with van der Waals surface area (Å²) in [7, 11) is -3.55. The van der Waals surface area contributed by atoms with Gasteiger partial charge in [-0.3, -0.25) is 10.1 Å². The van der Waals surface area contributed by atoms with Gasteiger partial charge in [-0.25, -0.2) is 13.4 Å². The summed E-state index contributed by atoms with van der Waals surface area (Å²) in [6, 6.07) is 23.2. The Morgan fingerprint density at radius 2 is 1.49 bits per heavy atom. The Labute approximate surface area is 220 Å². The van der Waals surface area contributed by atoms with Crippen molar-refractivity contribution in [1.29, 1.82) is 0 Å². The number of carbonyl (C=O) groups is 1. The number of aromatic nitrogens is 1. The van der Waals surface area contributed by atoms with Gasteiger partial charge in [-0.05, 0) is 73.5 Å². The average molecular weight is 534 g/mol. The zero-order chi connectivity index (χ0) is 25.7. The molecule has 9 heteroatoms. The molecule has 0 saturated carbocycles. The van der Waals surface area contributed by atoms with Crippen LogP contribution in [0.25, 0.3) is 11.3 Å². The Morgan fingerprint density at radius 1 is 0.838 bits per heavy atom. The van der Waals surface area contributed by atoms with Gasteiger partial charge in [0.05, 0.1) is 10.6 Å². The largest absolute Gasteiger partial charge is 0.457 e. The fourth-order valence-corrected chi connectivity index (χ4v) is 6.39. The van der Waals surface area contributed by atoms with E-state index in [0.717, 1.165) is 48.4 Å². The van der Waals surface area contributed by atoms with Crippen molar-refractivity contribution < 1.29 is 17.9 Å². The number of nitrogens with one attached hydrogen (secondary N) is 1. The van der Waals surface area contributed by atoms with Gasteiger partial charge in [-0.1, -0.05) is 31.0 Å². The minimum atomic E-state index is -3.55. The predicted octanol–water partition coefficient (Wildman–Crippen LogP) is 6.42. The molecule has 1 saturated heterocycles. The molecule has 0 unspecified atom stereocenters. The number of carbonyl (C=O) groups excluding carboxylic acids is 1. The van der Waals surface area contributed by atoms with Crippen molar-refractivity contribution in [2.75, 3.05) is 18.4 Å². The number of hydrogen-bond donors (Lipinski definition) is 1. The van der Waals surface area contributed by atoms with Crippen molar-refractivity contribution in [3.8, 4) is 22.8 Å². The summed E-state index contributed by atoms with van der Waals surface area (Å²) in [6.07, 6.45) is 3.86. The highest BCUT2D eigenvalue weighted by atomic mass is 32.2. The molecule has 1 fully saturated rings. The summed E-state index contributed by atoms with van der Waals surface area (Å²) < 4.78 is 33.3. The van der Waals surface area contributed by atoms with Gasteiger partial charge in [-0.15, -0.1) is 11.3 Å². The molecule has 2 heterocycles. The zero-order valence-electron chi connectivity index (χ0n) is 20.2. The summed E-state index contributed by atoms with van der Waals surface area (Å²) in [5, 5.41) is 5.14. The molecular formula is C28H27N3O4S2. The number of nitrogens with zero attached hydrogens (tertiary/aromatic N) is 2. The molecule has 4 aromatic rings. The van der Waals surface area contributed by atoms with Crippen LogP contribution in [-0.4, -0.2) is 36.7 Å². The number of para-hydroxylation sites is 1.